The molecule has 6 nitrogen and oxygen atoms in total. The third kappa shape index (κ3) is 3.05. The molecule has 0 N–H and O–H groups in total. The van der Waals surface area contributed by atoms with Crippen LogP contribution in [-0.2, 0) is 0 Å². The average molecular weight is 324 g/mol. The molecule has 1 heterocycles. The molecule has 0 unspecified atom stereocenters. The number of benzene rings is 1. The monoisotopic (exact) mass is 323 g/mol. The predicted molar refractivity (Wildman–Crippen MR) is 72.4 cm³/mol. The molecule has 2 aromatic rings. The summed E-state index contributed by atoms with van der Waals surface area (Å²) in [4.78, 5) is 18.4. The zero-order chi connectivity index (χ0) is 14.0. The third-order valence-electron chi connectivity index (χ3n) is 2.39. The van der Waals surface area contributed by atoms with E-state index < -0.39 is 4.92 Å². The van der Waals surface area contributed by atoms with Crippen molar-refractivity contribution in [3.8, 4) is 11.8 Å². The van der Waals surface area contributed by atoms with E-state index in [-0.39, 0.29) is 17.4 Å². The van der Waals surface area contributed by atoms with Gasteiger partial charge in [-0.2, -0.15) is 0 Å². The maximum absolute atomic E-state index is 11.0. The molecule has 19 heavy (non-hydrogen) atoms. The molecule has 1 aromatic carbocycles. The number of ether oxygens (including phenoxy) is 1. The average Bonchev–Trinajstić information content (AvgIpc) is 2.34. The van der Waals surface area contributed by atoms with Gasteiger partial charge in [-0.15, -0.1) is 0 Å². The van der Waals surface area contributed by atoms with Crippen LogP contribution in [0.25, 0.3) is 0 Å². The minimum Gasteiger partial charge on any atom is -0.417 e. The topological polar surface area (TPSA) is 78.2 Å². The van der Waals surface area contributed by atoms with Gasteiger partial charge in [0.2, 0.25) is 5.75 Å². The Morgan fingerprint density at radius 2 is 1.89 bits per heavy atom. The van der Waals surface area contributed by atoms with Gasteiger partial charge in [0.25, 0.3) is 0 Å². The largest absolute Gasteiger partial charge is 0.417 e. The van der Waals surface area contributed by atoms with Gasteiger partial charge in [0.1, 0.15) is 0 Å². The molecule has 0 aliphatic heterocycles. The summed E-state index contributed by atoms with van der Waals surface area (Å²) in [5.74, 6) is 0.165. The van der Waals surface area contributed by atoms with Crippen molar-refractivity contribution in [3.05, 3.63) is 50.2 Å². The minimum absolute atomic E-state index is 0.0678. The maximum Gasteiger partial charge on any atom is 0.322 e. The van der Waals surface area contributed by atoms with Crippen molar-refractivity contribution >= 4 is 21.6 Å². The fraction of sp³-hybridized carbons (Fsp3) is 0.167. The van der Waals surface area contributed by atoms with Crippen molar-refractivity contribution in [1.29, 1.82) is 0 Å². The van der Waals surface area contributed by atoms with E-state index in [0.29, 0.717) is 10.0 Å². The first-order chi connectivity index (χ1) is 8.97. The number of nitrogens with zero attached hydrogens (tertiary/aromatic N) is 3. The second-order valence-corrected chi connectivity index (χ2v) is 4.89. The highest BCUT2D eigenvalue weighted by Gasteiger charge is 2.20. The second kappa shape index (κ2) is 5.31. The number of aromatic nitrogens is 2. The first kappa shape index (κ1) is 13.4. The summed E-state index contributed by atoms with van der Waals surface area (Å²) in [5.41, 5.74) is 1.37. The van der Waals surface area contributed by atoms with Crippen LogP contribution >= 0.6 is 15.9 Å². The molecular weight excluding hydrogens is 314 g/mol. The van der Waals surface area contributed by atoms with Crippen molar-refractivity contribution in [2.75, 3.05) is 0 Å². The summed E-state index contributed by atoms with van der Waals surface area (Å²) in [7, 11) is 0. The molecule has 0 fully saturated rings. The van der Waals surface area contributed by atoms with Crippen molar-refractivity contribution in [1.82, 2.24) is 9.97 Å². The van der Waals surface area contributed by atoms with Gasteiger partial charge in [0, 0.05) is 18.5 Å². The number of nitro groups is 1. The van der Waals surface area contributed by atoms with Crippen LogP contribution in [0.2, 0.25) is 0 Å². The van der Waals surface area contributed by atoms with Crippen molar-refractivity contribution in [2.45, 2.75) is 13.8 Å². The van der Waals surface area contributed by atoms with E-state index in [1.807, 2.05) is 0 Å². The highest BCUT2D eigenvalue weighted by molar-refractivity contribution is 9.10. The van der Waals surface area contributed by atoms with E-state index in [1.165, 1.54) is 18.5 Å². The van der Waals surface area contributed by atoms with Gasteiger partial charge in [0.15, 0.2) is 0 Å². The van der Waals surface area contributed by atoms with Crippen molar-refractivity contribution in [2.24, 2.45) is 0 Å². The zero-order valence-electron chi connectivity index (χ0n) is 10.3. The van der Waals surface area contributed by atoms with Gasteiger partial charge in [-0.1, -0.05) is 6.07 Å². The van der Waals surface area contributed by atoms with Gasteiger partial charge in [0.05, 0.1) is 9.40 Å². The van der Waals surface area contributed by atoms with E-state index in [1.54, 1.807) is 19.9 Å². The molecule has 0 saturated heterocycles. The summed E-state index contributed by atoms with van der Waals surface area (Å²) in [6, 6.07) is 3.33. The van der Waals surface area contributed by atoms with Crippen LogP contribution < -0.4 is 4.74 Å². The van der Waals surface area contributed by atoms with Crippen LogP contribution in [0.1, 0.15) is 11.1 Å². The Morgan fingerprint density at radius 1 is 1.26 bits per heavy atom. The van der Waals surface area contributed by atoms with Gasteiger partial charge in [-0.05, 0) is 40.9 Å². The summed E-state index contributed by atoms with van der Waals surface area (Å²) >= 11 is 3.20. The van der Waals surface area contributed by atoms with E-state index in [0.717, 1.165) is 5.56 Å². The molecule has 0 aliphatic carbocycles. The molecule has 98 valence electrons. The fourth-order valence-electron chi connectivity index (χ4n) is 1.64. The smallest absolute Gasteiger partial charge is 0.322 e. The fourth-order valence-corrected chi connectivity index (χ4v) is 1.85. The first-order valence-corrected chi connectivity index (χ1v) is 6.17. The van der Waals surface area contributed by atoms with Crippen LogP contribution in [0.4, 0.5) is 5.69 Å². The lowest BCUT2D eigenvalue weighted by Gasteiger charge is -2.08. The number of rotatable bonds is 3. The van der Waals surface area contributed by atoms with Gasteiger partial charge in [-0.25, -0.2) is 9.97 Å². The molecule has 2 rings (SSSR count). The van der Waals surface area contributed by atoms with Crippen molar-refractivity contribution in [3.63, 3.8) is 0 Å². The van der Waals surface area contributed by atoms with Crippen LogP contribution in [0.3, 0.4) is 0 Å². The highest BCUT2D eigenvalue weighted by Crippen LogP contribution is 2.34. The highest BCUT2D eigenvalue weighted by atomic mass is 79.9. The van der Waals surface area contributed by atoms with Crippen LogP contribution in [0.5, 0.6) is 11.8 Å². The summed E-state index contributed by atoms with van der Waals surface area (Å²) in [6.45, 7) is 3.54. The van der Waals surface area contributed by atoms with Gasteiger partial charge in [-0.3, -0.25) is 10.1 Å². The van der Waals surface area contributed by atoms with Crippen LogP contribution in [0, 0.1) is 24.0 Å². The number of nitro benzene ring substituents is 1. The lowest BCUT2D eigenvalue weighted by molar-refractivity contribution is -0.385. The molecule has 0 aliphatic rings. The van der Waals surface area contributed by atoms with Crippen LogP contribution in [-0.4, -0.2) is 14.9 Å². The Bertz CT molecular complexity index is 629. The van der Waals surface area contributed by atoms with Gasteiger partial charge >= 0.3 is 11.7 Å². The maximum atomic E-state index is 11.0. The van der Waals surface area contributed by atoms with E-state index in [9.17, 15) is 10.1 Å². The second-order valence-electron chi connectivity index (χ2n) is 3.97. The molecule has 0 bridgehead atoms. The Balaban J connectivity index is 2.44. The van der Waals surface area contributed by atoms with E-state index in [4.69, 9.17) is 4.74 Å². The predicted octanol–water partition coefficient (Wildman–Crippen LogP) is 3.56. The Kier molecular flexibility index (Phi) is 3.75. The van der Waals surface area contributed by atoms with E-state index >= 15 is 0 Å². The standard InChI is InChI=1S/C12H10BrN3O3/c1-7-3-8(2)11(10(4-7)16(17)18)19-12-14-5-9(13)6-15-12/h3-6H,1-2H3. The lowest BCUT2D eigenvalue weighted by Crippen LogP contribution is -1.99. The molecule has 0 amide bonds. The normalized spacial score (nSPS) is 10.3. The number of hydrogen-bond acceptors (Lipinski definition) is 5. The Labute approximate surface area is 117 Å². The van der Waals surface area contributed by atoms with Crippen molar-refractivity contribution < 1.29 is 9.66 Å². The molecule has 0 radical (unpaired) electrons. The molecule has 0 saturated carbocycles. The molecule has 0 spiro atoms. The third-order valence-corrected chi connectivity index (χ3v) is 2.80. The molecule has 7 heteroatoms. The summed E-state index contributed by atoms with van der Waals surface area (Å²) in [6.07, 6.45) is 3.02. The first-order valence-electron chi connectivity index (χ1n) is 5.38. The molecule has 0 atom stereocenters. The molecule has 1 aromatic heterocycles. The summed E-state index contributed by atoms with van der Waals surface area (Å²) < 4.78 is 6.13. The SMILES string of the molecule is Cc1cc(C)c(Oc2ncc(Br)cn2)c([N+](=O)[O-])c1. The van der Waals surface area contributed by atoms with Gasteiger partial charge < -0.3 is 4.74 Å². The van der Waals surface area contributed by atoms with E-state index in [2.05, 4.69) is 25.9 Å². The van der Waals surface area contributed by atoms with Crippen LogP contribution in [0.15, 0.2) is 29.0 Å². The number of halogens is 1. The zero-order valence-corrected chi connectivity index (χ0v) is 11.8. The summed E-state index contributed by atoms with van der Waals surface area (Å²) in [5, 5.41) is 11.0. The minimum atomic E-state index is -0.478. The number of hydrogen-bond donors (Lipinski definition) is 0. The lowest BCUT2D eigenvalue weighted by atomic mass is 10.1. The Hall–Kier alpha value is -2.02. The molecular formula is C12H10BrN3O3. The quantitative estimate of drug-likeness (QED) is 0.637. The Morgan fingerprint density at radius 3 is 2.47 bits per heavy atom. The number of aryl methyl sites for hydroxylation is 2.